The van der Waals surface area contributed by atoms with Crippen LogP contribution in [-0.2, 0) is 16.2 Å². The van der Waals surface area contributed by atoms with E-state index >= 15 is 0 Å². The van der Waals surface area contributed by atoms with Crippen molar-refractivity contribution in [1.82, 2.24) is 29.7 Å². The molecule has 0 radical (unpaired) electrons. The van der Waals surface area contributed by atoms with Gasteiger partial charge in [0.05, 0.1) is 0 Å². The lowest BCUT2D eigenvalue weighted by Gasteiger charge is -2.40. The molecule has 1 amide bonds. The van der Waals surface area contributed by atoms with Crippen LogP contribution in [0.2, 0.25) is 0 Å². The standard InChI is InChI=1S/C28H43N9O3/c1-16-8-10-20(11-9-16)15-37-22-23(29-18(3)21-6-5-7-21)30-25(26-33-28(39)40-34-26)31-24(22)32-27(37)36-13-12-35(19(4)38)14-17(36)2/h16-18,20-21,28,39H,5-15H2,1-4H3,(H,33,34)(H,29,30,31)/t16-,17-,18-,20-,28?/m1/s1. The molecule has 1 saturated heterocycles. The number of carbonyl (C=O) groups is 1. The monoisotopic (exact) mass is 553 g/mol. The van der Waals surface area contributed by atoms with Gasteiger partial charge in [0.1, 0.15) is 5.52 Å². The van der Waals surface area contributed by atoms with Crippen molar-refractivity contribution in [3.8, 4) is 0 Å². The number of fused-ring (bicyclic) bond motifs is 1. The molecule has 2 aromatic rings. The number of nitrogens with one attached hydrogen (secondary N) is 2. The first kappa shape index (κ1) is 27.0. The minimum atomic E-state index is -1.22. The molecule has 2 aliphatic heterocycles. The number of amides is 1. The van der Waals surface area contributed by atoms with E-state index in [2.05, 4.69) is 46.0 Å². The summed E-state index contributed by atoms with van der Waals surface area (Å²) in [5, 5.41) is 20.3. The quantitative estimate of drug-likeness (QED) is 0.473. The predicted octanol–water partition coefficient (Wildman–Crippen LogP) is 2.87. The normalized spacial score (nSPS) is 28.1. The second-order valence-electron chi connectivity index (χ2n) is 12.4. The first-order chi connectivity index (χ1) is 19.3. The largest absolute Gasteiger partial charge is 0.365 e. The third kappa shape index (κ3) is 5.29. The van der Waals surface area contributed by atoms with Gasteiger partial charge in [0.25, 0.3) is 0 Å². The molecule has 2 aromatic heterocycles. The highest BCUT2D eigenvalue weighted by atomic mass is 16.7. The summed E-state index contributed by atoms with van der Waals surface area (Å²) < 4.78 is 2.34. The van der Waals surface area contributed by atoms with Gasteiger partial charge in [-0.1, -0.05) is 31.3 Å². The average molecular weight is 554 g/mol. The molecule has 40 heavy (non-hydrogen) atoms. The molecule has 12 nitrogen and oxygen atoms in total. The molecule has 4 heterocycles. The fourth-order valence-electron chi connectivity index (χ4n) is 6.58. The van der Waals surface area contributed by atoms with Gasteiger partial charge in [0.2, 0.25) is 23.5 Å². The van der Waals surface area contributed by atoms with Gasteiger partial charge in [-0.25, -0.2) is 9.97 Å². The van der Waals surface area contributed by atoms with E-state index in [9.17, 15) is 9.90 Å². The number of aliphatic hydroxyl groups excluding tert-OH is 1. The summed E-state index contributed by atoms with van der Waals surface area (Å²) >= 11 is 0. The van der Waals surface area contributed by atoms with Gasteiger partial charge in [0.15, 0.2) is 11.5 Å². The Hall–Kier alpha value is -3.15. The number of hydrogen-bond donors (Lipinski definition) is 3. The van der Waals surface area contributed by atoms with E-state index in [0.717, 1.165) is 29.7 Å². The summed E-state index contributed by atoms with van der Waals surface area (Å²) in [6, 6.07) is 0.363. The number of oxime groups is 1. The molecule has 12 heteroatoms. The molecule has 0 aromatic carbocycles. The highest BCUT2D eigenvalue weighted by Gasteiger charge is 2.33. The number of carbonyl (C=O) groups excluding carboxylic acids is 1. The smallest absolute Gasteiger partial charge is 0.305 e. The molecule has 3 N–H and O–H groups in total. The maximum atomic E-state index is 12.1. The highest BCUT2D eigenvalue weighted by molar-refractivity contribution is 5.98. The van der Waals surface area contributed by atoms with E-state index in [1.165, 1.54) is 44.9 Å². The molecule has 3 fully saturated rings. The Kier molecular flexibility index (Phi) is 7.45. The molecule has 2 saturated carbocycles. The molecule has 6 rings (SSSR count). The number of anilines is 2. The molecule has 0 spiro atoms. The van der Waals surface area contributed by atoms with Crippen molar-refractivity contribution in [2.45, 2.75) is 97.7 Å². The number of nitrogens with zero attached hydrogens (tertiary/aromatic N) is 7. The molecule has 4 aliphatic rings. The lowest BCUT2D eigenvalue weighted by molar-refractivity contribution is -0.129. The van der Waals surface area contributed by atoms with Gasteiger partial charge in [-0.15, -0.1) is 0 Å². The molecule has 1 unspecified atom stereocenters. The van der Waals surface area contributed by atoms with E-state index < -0.39 is 6.41 Å². The van der Waals surface area contributed by atoms with Crippen LogP contribution in [0.15, 0.2) is 5.16 Å². The third-order valence-electron chi connectivity index (χ3n) is 9.43. The molecule has 218 valence electrons. The minimum absolute atomic E-state index is 0.109. The van der Waals surface area contributed by atoms with Crippen LogP contribution in [0.25, 0.3) is 11.2 Å². The molecular formula is C28H43N9O3. The van der Waals surface area contributed by atoms with Crippen molar-refractivity contribution in [3.63, 3.8) is 0 Å². The summed E-state index contributed by atoms with van der Waals surface area (Å²) in [7, 11) is 0. The summed E-state index contributed by atoms with van der Waals surface area (Å²) in [5.41, 5.74) is 1.50. The van der Waals surface area contributed by atoms with Crippen molar-refractivity contribution in [2.24, 2.45) is 22.9 Å². The number of imidazole rings is 1. The Morgan fingerprint density at radius 3 is 2.52 bits per heavy atom. The molecule has 3 atom stereocenters. The Morgan fingerprint density at radius 1 is 1.12 bits per heavy atom. The number of piperazine rings is 1. The van der Waals surface area contributed by atoms with Crippen molar-refractivity contribution in [2.75, 3.05) is 29.9 Å². The van der Waals surface area contributed by atoms with Crippen LogP contribution in [0.5, 0.6) is 0 Å². The van der Waals surface area contributed by atoms with Crippen molar-refractivity contribution >= 4 is 34.7 Å². The minimum Gasteiger partial charge on any atom is -0.365 e. The molecule has 0 bridgehead atoms. The van der Waals surface area contributed by atoms with Crippen molar-refractivity contribution < 1.29 is 14.7 Å². The van der Waals surface area contributed by atoms with Crippen LogP contribution in [0.1, 0.15) is 78.5 Å². The van der Waals surface area contributed by atoms with Gasteiger partial charge in [-0.2, -0.15) is 4.98 Å². The lowest BCUT2D eigenvalue weighted by atomic mass is 9.80. The zero-order valence-electron chi connectivity index (χ0n) is 24.1. The fraction of sp³-hybridized carbons (Fsp3) is 0.750. The number of aliphatic hydroxyl groups is 1. The zero-order chi connectivity index (χ0) is 28.0. The second-order valence-corrected chi connectivity index (χ2v) is 12.4. The second kappa shape index (κ2) is 11.0. The maximum absolute atomic E-state index is 12.1. The number of aromatic nitrogens is 4. The van der Waals surface area contributed by atoms with Gasteiger partial charge < -0.3 is 34.9 Å². The topological polar surface area (TPSA) is 133 Å². The van der Waals surface area contributed by atoms with E-state index in [4.69, 9.17) is 19.8 Å². The van der Waals surface area contributed by atoms with Crippen LogP contribution >= 0.6 is 0 Å². The lowest BCUT2D eigenvalue weighted by Crippen LogP contribution is -2.54. The number of amidine groups is 1. The predicted molar refractivity (Wildman–Crippen MR) is 153 cm³/mol. The summed E-state index contributed by atoms with van der Waals surface area (Å²) in [6.07, 6.45) is 7.37. The highest BCUT2D eigenvalue weighted by Crippen LogP contribution is 2.36. The zero-order valence-corrected chi connectivity index (χ0v) is 24.1. The first-order valence-electron chi connectivity index (χ1n) is 15.0. The summed E-state index contributed by atoms with van der Waals surface area (Å²) in [5.74, 6) is 4.30. The van der Waals surface area contributed by atoms with Crippen LogP contribution in [0, 0.1) is 17.8 Å². The van der Waals surface area contributed by atoms with Crippen molar-refractivity contribution in [1.29, 1.82) is 0 Å². The van der Waals surface area contributed by atoms with Gasteiger partial charge >= 0.3 is 6.41 Å². The van der Waals surface area contributed by atoms with Gasteiger partial charge in [-0.3, -0.25) is 4.79 Å². The van der Waals surface area contributed by atoms with Crippen LogP contribution < -0.4 is 15.5 Å². The van der Waals surface area contributed by atoms with Gasteiger partial charge in [0, 0.05) is 45.2 Å². The summed E-state index contributed by atoms with van der Waals surface area (Å²) in [6.45, 7) is 11.3. The Balaban J connectivity index is 1.44. The average Bonchev–Trinajstić information content (AvgIpc) is 3.48. The third-order valence-corrected chi connectivity index (χ3v) is 9.43. The fourth-order valence-corrected chi connectivity index (χ4v) is 6.58. The first-order valence-corrected chi connectivity index (χ1v) is 15.0. The van der Waals surface area contributed by atoms with Crippen molar-refractivity contribution in [3.05, 3.63) is 5.82 Å². The van der Waals surface area contributed by atoms with Crippen LogP contribution in [-0.4, -0.2) is 79.4 Å². The number of hydrogen-bond acceptors (Lipinski definition) is 10. The number of rotatable bonds is 7. The Morgan fingerprint density at radius 2 is 1.90 bits per heavy atom. The van der Waals surface area contributed by atoms with Crippen LogP contribution in [0.3, 0.4) is 0 Å². The van der Waals surface area contributed by atoms with E-state index in [1.807, 2.05) is 4.90 Å². The van der Waals surface area contributed by atoms with E-state index in [0.29, 0.717) is 42.9 Å². The molecular weight excluding hydrogens is 510 g/mol. The van der Waals surface area contributed by atoms with Gasteiger partial charge in [-0.05, 0) is 57.3 Å². The maximum Gasteiger partial charge on any atom is 0.305 e. The Labute approximate surface area is 235 Å². The van der Waals surface area contributed by atoms with E-state index in [-0.39, 0.29) is 23.8 Å². The van der Waals surface area contributed by atoms with Crippen LogP contribution in [0.4, 0.5) is 11.8 Å². The van der Waals surface area contributed by atoms with E-state index in [1.54, 1.807) is 6.92 Å². The SMILES string of the molecule is CC(=O)N1CCN(c2nc3nc(C4=NOC(O)N4)nc(N[C@H](C)C4CCC4)c3n2C[C@H]2CC[C@H](C)CC2)[C@H](C)C1. The Bertz CT molecular complexity index is 1270. The summed E-state index contributed by atoms with van der Waals surface area (Å²) in [4.78, 5) is 36.2. The molecule has 2 aliphatic carbocycles.